The molecule has 8 heteroatoms. The van der Waals surface area contributed by atoms with Crippen LogP contribution in [0.15, 0.2) is 72.8 Å². The number of nitrogens with zero attached hydrogens (tertiary/aromatic N) is 4. The van der Waals surface area contributed by atoms with Gasteiger partial charge in [-0.15, -0.1) is 5.10 Å². The third-order valence-electron chi connectivity index (χ3n) is 5.81. The monoisotopic (exact) mass is 455 g/mol. The molecule has 4 aromatic rings. The molecule has 1 aromatic heterocycles. The van der Waals surface area contributed by atoms with Gasteiger partial charge in [0.15, 0.2) is 6.10 Å². The van der Waals surface area contributed by atoms with Crippen molar-refractivity contribution in [1.82, 2.24) is 20.3 Å². The van der Waals surface area contributed by atoms with Crippen LogP contribution in [-0.2, 0) is 11.3 Å². The van der Waals surface area contributed by atoms with Crippen molar-refractivity contribution in [3.63, 3.8) is 0 Å². The summed E-state index contributed by atoms with van der Waals surface area (Å²) in [7, 11) is 0. The van der Waals surface area contributed by atoms with Crippen LogP contribution in [0.4, 0.5) is 5.69 Å². The van der Waals surface area contributed by atoms with E-state index in [1.54, 1.807) is 23.1 Å². The lowest BCUT2D eigenvalue weighted by Crippen LogP contribution is -2.50. The number of hydrogen-bond donors (Lipinski definition) is 1. The molecule has 0 spiro atoms. The summed E-state index contributed by atoms with van der Waals surface area (Å²) in [4.78, 5) is 27.7. The van der Waals surface area contributed by atoms with Gasteiger partial charge in [0, 0.05) is 12.1 Å². The Kier molecular flexibility index (Phi) is 5.95. The number of aromatic nitrogens is 3. The van der Waals surface area contributed by atoms with Crippen molar-refractivity contribution in [2.45, 2.75) is 26.0 Å². The van der Waals surface area contributed by atoms with Gasteiger partial charge in [-0.1, -0.05) is 48.5 Å². The molecule has 34 heavy (non-hydrogen) atoms. The van der Waals surface area contributed by atoms with Crippen LogP contribution in [0.3, 0.4) is 0 Å². The number of carbonyl (C=O) groups excluding carboxylic acids is 2. The number of fused-ring (bicyclic) bond motifs is 2. The van der Waals surface area contributed by atoms with Crippen LogP contribution >= 0.6 is 0 Å². The van der Waals surface area contributed by atoms with E-state index in [2.05, 4.69) is 15.6 Å². The Hall–Kier alpha value is -4.20. The van der Waals surface area contributed by atoms with E-state index in [4.69, 9.17) is 4.74 Å². The van der Waals surface area contributed by atoms with Crippen molar-refractivity contribution in [3.05, 3.63) is 83.9 Å². The molecule has 1 aliphatic heterocycles. The van der Waals surface area contributed by atoms with Gasteiger partial charge in [-0.25, -0.2) is 4.68 Å². The number of hydrogen-bond acceptors (Lipinski definition) is 5. The van der Waals surface area contributed by atoms with E-state index in [1.165, 1.54) is 0 Å². The van der Waals surface area contributed by atoms with Gasteiger partial charge in [0.05, 0.1) is 24.3 Å². The van der Waals surface area contributed by atoms with E-state index in [0.717, 1.165) is 23.0 Å². The Morgan fingerprint density at radius 2 is 1.79 bits per heavy atom. The van der Waals surface area contributed by atoms with Gasteiger partial charge in [-0.3, -0.25) is 9.59 Å². The SMILES string of the molecule is CCCNC(=O)C1CN(C(=O)c2ccc(Cn3nnc4ccccc43)cc2)c2ccccc2O1. The molecule has 1 N–H and O–H groups in total. The minimum atomic E-state index is -0.759. The second-order valence-electron chi connectivity index (χ2n) is 8.21. The van der Waals surface area contributed by atoms with Gasteiger partial charge in [-0.05, 0) is 48.4 Å². The second kappa shape index (κ2) is 9.35. The Bertz CT molecular complexity index is 1330. The van der Waals surface area contributed by atoms with Crippen LogP contribution in [0.5, 0.6) is 5.75 Å². The van der Waals surface area contributed by atoms with E-state index < -0.39 is 6.10 Å². The minimum absolute atomic E-state index is 0.151. The van der Waals surface area contributed by atoms with Crippen molar-refractivity contribution < 1.29 is 14.3 Å². The van der Waals surface area contributed by atoms with E-state index >= 15 is 0 Å². The molecule has 0 radical (unpaired) electrons. The number of nitrogens with one attached hydrogen (secondary N) is 1. The smallest absolute Gasteiger partial charge is 0.262 e. The van der Waals surface area contributed by atoms with Crippen LogP contribution in [0.25, 0.3) is 11.0 Å². The highest BCUT2D eigenvalue weighted by molar-refractivity contribution is 6.07. The molecule has 3 aromatic carbocycles. The van der Waals surface area contributed by atoms with Crippen molar-refractivity contribution in [2.24, 2.45) is 0 Å². The third kappa shape index (κ3) is 4.22. The minimum Gasteiger partial charge on any atom is -0.477 e. The largest absolute Gasteiger partial charge is 0.477 e. The van der Waals surface area contributed by atoms with Crippen LogP contribution < -0.4 is 15.0 Å². The zero-order chi connectivity index (χ0) is 23.5. The van der Waals surface area contributed by atoms with Crippen LogP contribution in [0, 0.1) is 0 Å². The van der Waals surface area contributed by atoms with Crippen molar-refractivity contribution in [1.29, 1.82) is 0 Å². The first-order chi connectivity index (χ1) is 16.6. The molecule has 2 amide bonds. The van der Waals surface area contributed by atoms with Crippen molar-refractivity contribution in [2.75, 3.05) is 18.0 Å². The van der Waals surface area contributed by atoms with E-state index in [-0.39, 0.29) is 18.4 Å². The maximum Gasteiger partial charge on any atom is 0.262 e. The molecular formula is C26H25N5O3. The molecule has 0 saturated carbocycles. The zero-order valence-electron chi connectivity index (χ0n) is 18.8. The lowest BCUT2D eigenvalue weighted by molar-refractivity contribution is -0.127. The highest BCUT2D eigenvalue weighted by Crippen LogP contribution is 2.34. The molecule has 172 valence electrons. The fraction of sp³-hybridized carbons (Fsp3) is 0.231. The van der Waals surface area contributed by atoms with Crippen molar-refractivity contribution in [3.8, 4) is 5.75 Å². The van der Waals surface area contributed by atoms with Gasteiger partial charge in [0.1, 0.15) is 11.3 Å². The predicted molar refractivity (Wildman–Crippen MR) is 129 cm³/mol. The Labute approximate surface area is 197 Å². The quantitative estimate of drug-likeness (QED) is 0.481. The molecular weight excluding hydrogens is 430 g/mol. The third-order valence-corrected chi connectivity index (χ3v) is 5.81. The number of carbonyl (C=O) groups is 2. The molecule has 8 nitrogen and oxygen atoms in total. The lowest BCUT2D eigenvalue weighted by Gasteiger charge is -2.34. The molecule has 0 aliphatic carbocycles. The van der Waals surface area contributed by atoms with Crippen LogP contribution in [-0.4, -0.2) is 46.0 Å². The highest BCUT2D eigenvalue weighted by Gasteiger charge is 2.34. The summed E-state index contributed by atoms with van der Waals surface area (Å²) in [6, 6.07) is 22.5. The first-order valence-electron chi connectivity index (χ1n) is 11.4. The van der Waals surface area contributed by atoms with Gasteiger partial charge in [0.2, 0.25) is 0 Å². The molecule has 5 rings (SSSR count). The topological polar surface area (TPSA) is 89.4 Å². The maximum absolute atomic E-state index is 13.5. The second-order valence-corrected chi connectivity index (χ2v) is 8.21. The number of amides is 2. The van der Waals surface area contributed by atoms with Gasteiger partial charge < -0.3 is 15.0 Å². The Morgan fingerprint density at radius 3 is 2.62 bits per heavy atom. The lowest BCUT2D eigenvalue weighted by atomic mass is 10.1. The van der Waals surface area contributed by atoms with Crippen LogP contribution in [0.2, 0.25) is 0 Å². The number of rotatable bonds is 6. The Balaban J connectivity index is 1.36. The van der Waals surface area contributed by atoms with E-state index in [1.807, 2.05) is 66.2 Å². The summed E-state index contributed by atoms with van der Waals surface area (Å²) < 4.78 is 7.74. The maximum atomic E-state index is 13.5. The molecule has 2 heterocycles. The zero-order valence-corrected chi connectivity index (χ0v) is 18.8. The standard InChI is InChI=1S/C26H25N5O3/c1-2-15-27-25(32)24-17-30(22-9-5-6-10-23(22)34-24)26(33)19-13-11-18(12-14-19)16-31-21-8-4-3-7-20(21)28-29-31/h3-14,24H,2,15-17H2,1H3,(H,27,32). The van der Waals surface area contributed by atoms with Crippen LogP contribution in [0.1, 0.15) is 29.3 Å². The molecule has 1 atom stereocenters. The summed E-state index contributed by atoms with van der Waals surface area (Å²) in [5.74, 6) is 0.125. The normalized spacial score (nSPS) is 15.0. The number of anilines is 1. The summed E-state index contributed by atoms with van der Waals surface area (Å²) in [6.07, 6.45) is 0.0688. The fourth-order valence-corrected chi connectivity index (χ4v) is 4.04. The molecule has 0 bridgehead atoms. The summed E-state index contributed by atoms with van der Waals surface area (Å²) >= 11 is 0. The highest BCUT2D eigenvalue weighted by atomic mass is 16.5. The average Bonchev–Trinajstić information content (AvgIpc) is 3.29. The molecule has 1 unspecified atom stereocenters. The molecule has 0 fully saturated rings. The number of benzene rings is 3. The van der Waals surface area contributed by atoms with Crippen molar-refractivity contribution >= 4 is 28.5 Å². The first kappa shape index (κ1) is 21.6. The summed E-state index contributed by atoms with van der Waals surface area (Å²) in [6.45, 7) is 3.26. The predicted octanol–water partition coefficient (Wildman–Crippen LogP) is 3.41. The number of para-hydroxylation sites is 3. The Morgan fingerprint density at radius 1 is 1.03 bits per heavy atom. The molecule has 0 saturated heterocycles. The summed E-state index contributed by atoms with van der Waals surface area (Å²) in [5, 5.41) is 11.3. The van der Waals surface area contributed by atoms with E-state index in [9.17, 15) is 9.59 Å². The van der Waals surface area contributed by atoms with E-state index in [0.29, 0.717) is 30.1 Å². The average molecular weight is 456 g/mol. The first-order valence-corrected chi connectivity index (χ1v) is 11.4. The van der Waals surface area contributed by atoms with Gasteiger partial charge in [0.25, 0.3) is 11.8 Å². The number of ether oxygens (including phenoxy) is 1. The summed E-state index contributed by atoms with van der Waals surface area (Å²) in [5.41, 5.74) is 4.01. The van der Waals surface area contributed by atoms with Gasteiger partial charge >= 0.3 is 0 Å². The molecule has 1 aliphatic rings. The van der Waals surface area contributed by atoms with Gasteiger partial charge in [-0.2, -0.15) is 0 Å². The fourth-order valence-electron chi connectivity index (χ4n) is 4.04.